The smallest absolute Gasteiger partial charge is 0.270 e. The molecular formula is C20H21BrN4O4S2. The van der Waals surface area contributed by atoms with Crippen LogP contribution in [-0.4, -0.2) is 61.3 Å². The van der Waals surface area contributed by atoms with Gasteiger partial charge in [-0.05, 0) is 52.7 Å². The summed E-state index contributed by atoms with van der Waals surface area (Å²) in [7, 11) is -3.57. The number of hydrogen-bond donors (Lipinski definition) is 0. The van der Waals surface area contributed by atoms with Gasteiger partial charge < -0.3 is 4.90 Å². The first-order chi connectivity index (χ1) is 14.8. The van der Waals surface area contributed by atoms with Crippen molar-refractivity contribution in [1.29, 1.82) is 0 Å². The normalized spacial score (nSPS) is 18.3. The molecule has 2 amide bonds. The summed E-state index contributed by atoms with van der Waals surface area (Å²) in [6, 6.07) is 10.7. The molecule has 0 unspecified atom stereocenters. The van der Waals surface area contributed by atoms with Gasteiger partial charge in [-0.2, -0.15) is 9.41 Å². The molecule has 8 nitrogen and oxygen atoms in total. The molecule has 0 N–H and O–H groups in total. The molecule has 11 heteroatoms. The second-order valence-corrected chi connectivity index (χ2v) is 12.0. The van der Waals surface area contributed by atoms with Crippen LogP contribution in [0.25, 0.3) is 0 Å². The molecule has 1 fully saturated rings. The van der Waals surface area contributed by atoms with Crippen molar-refractivity contribution >= 4 is 60.5 Å². The number of amides is 2. The van der Waals surface area contributed by atoms with Gasteiger partial charge >= 0.3 is 0 Å². The third-order valence-corrected chi connectivity index (χ3v) is 9.18. The number of sulfonamides is 1. The molecule has 1 aromatic heterocycles. The van der Waals surface area contributed by atoms with Gasteiger partial charge in [0.25, 0.3) is 15.9 Å². The second kappa shape index (κ2) is 8.81. The van der Waals surface area contributed by atoms with E-state index in [4.69, 9.17) is 0 Å². The number of halogens is 1. The minimum atomic E-state index is -3.57. The summed E-state index contributed by atoms with van der Waals surface area (Å²) in [4.78, 5) is 27.0. The molecule has 2 aliphatic rings. The highest BCUT2D eigenvalue weighted by Gasteiger charge is 2.34. The fourth-order valence-electron chi connectivity index (χ4n) is 3.55. The molecule has 1 aromatic carbocycles. The van der Waals surface area contributed by atoms with E-state index in [2.05, 4.69) is 21.0 Å². The zero-order valence-corrected chi connectivity index (χ0v) is 20.0. The summed E-state index contributed by atoms with van der Waals surface area (Å²) in [5, 5.41) is 5.63. The predicted octanol–water partition coefficient (Wildman–Crippen LogP) is 2.83. The Labute approximate surface area is 193 Å². The van der Waals surface area contributed by atoms with Crippen LogP contribution in [0.1, 0.15) is 18.4 Å². The first-order valence-corrected chi connectivity index (χ1v) is 12.8. The molecule has 1 saturated heterocycles. The van der Waals surface area contributed by atoms with Crippen molar-refractivity contribution in [2.75, 3.05) is 31.2 Å². The van der Waals surface area contributed by atoms with E-state index in [1.165, 1.54) is 20.7 Å². The standard InChI is InChI=1S/C20H21BrN4O4S2/c1-14-3-2-4-15(13-14)25-18(26)7-5-16(22-25)20(27)23-9-11-24(12-10-23)31(28,29)19-8-6-17(21)30-19/h2-4,6,8,13H,5,7,9-12H2,1H3. The lowest BCUT2D eigenvalue weighted by Crippen LogP contribution is -2.52. The fraction of sp³-hybridized carbons (Fsp3) is 0.350. The summed E-state index contributed by atoms with van der Waals surface area (Å²) < 4.78 is 28.0. The van der Waals surface area contributed by atoms with E-state index in [1.807, 2.05) is 25.1 Å². The highest BCUT2D eigenvalue weighted by atomic mass is 79.9. The molecule has 0 saturated carbocycles. The molecule has 0 radical (unpaired) electrons. The van der Waals surface area contributed by atoms with Crippen LogP contribution in [0.5, 0.6) is 0 Å². The number of carbonyl (C=O) groups is 2. The molecule has 3 heterocycles. The molecular weight excluding hydrogens is 504 g/mol. The van der Waals surface area contributed by atoms with Crippen molar-refractivity contribution < 1.29 is 18.0 Å². The van der Waals surface area contributed by atoms with Crippen molar-refractivity contribution in [1.82, 2.24) is 9.21 Å². The largest absolute Gasteiger partial charge is 0.335 e. The Morgan fingerprint density at radius 1 is 1.10 bits per heavy atom. The number of rotatable bonds is 4. The Hall–Kier alpha value is -2.08. The average Bonchev–Trinajstić information content (AvgIpc) is 3.21. The topological polar surface area (TPSA) is 90.4 Å². The van der Waals surface area contributed by atoms with Crippen molar-refractivity contribution in [3.8, 4) is 0 Å². The molecule has 4 rings (SSSR count). The predicted molar refractivity (Wildman–Crippen MR) is 123 cm³/mol. The van der Waals surface area contributed by atoms with Crippen LogP contribution < -0.4 is 5.01 Å². The lowest BCUT2D eigenvalue weighted by Gasteiger charge is -2.34. The zero-order valence-electron chi connectivity index (χ0n) is 16.8. The number of nitrogens with zero attached hydrogens (tertiary/aromatic N) is 4. The molecule has 2 aromatic rings. The van der Waals surface area contributed by atoms with Gasteiger partial charge in [0.15, 0.2) is 0 Å². The highest BCUT2D eigenvalue weighted by Crippen LogP contribution is 2.29. The van der Waals surface area contributed by atoms with Crippen LogP contribution >= 0.6 is 27.3 Å². The molecule has 31 heavy (non-hydrogen) atoms. The van der Waals surface area contributed by atoms with Gasteiger partial charge in [0.05, 0.1) is 9.47 Å². The van der Waals surface area contributed by atoms with Gasteiger partial charge in [0, 0.05) is 39.0 Å². The Bertz CT molecular complexity index is 1150. The lowest BCUT2D eigenvalue weighted by atomic mass is 10.1. The maximum Gasteiger partial charge on any atom is 0.270 e. The van der Waals surface area contributed by atoms with Crippen LogP contribution in [-0.2, 0) is 19.6 Å². The zero-order chi connectivity index (χ0) is 22.2. The minimum Gasteiger partial charge on any atom is -0.335 e. The molecule has 0 aliphatic carbocycles. The summed E-state index contributed by atoms with van der Waals surface area (Å²) >= 11 is 4.46. The molecule has 0 atom stereocenters. The van der Waals surface area contributed by atoms with Gasteiger partial charge in [-0.3, -0.25) is 9.59 Å². The number of hydrogen-bond acceptors (Lipinski definition) is 6. The van der Waals surface area contributed by atoms with Gasteiger partial charge in [0.1, 0.15) is 9.92 Å². The molecule has 164 valence electrons. The summed E-state index contributed by atoms with van der Waals surface area (Å²) in [6.07, 6.45) is 0.488. The first-order valence-electron chi connectivity index (χ1n) is 9.77. The first kappa shape index (κ1) is 22.1. The van der Waals surface area contributed by atoms with Crippen molar-refractivity contribution in [2.45, 2.75) is 24.0 Å². The molecule has 0 bridgehead atoms. The minimum absolute atomic E-state index is 0.153. The number of carbonyl (C=O) groups excluding carboxylic acids is 2. The SMILES string of the molecule is Cc1cccc(N2N=C(C(=O)N3CCN(S(=O)(=O)c4ccc(Br)s4)CC3)CCC2=O)c1. The highest BCUT2D eigenvalue weighted by molar-refractivity contribution is 9.11. The van der Waals surface area contributed by atoms with E-state index in [0.29, 0.717) is 11.4 Å². The van der Waals surface area contributed by atoms with Crippen molar-refractivity contribution in [3.63, 3.8) is 0 Å². The number of benzene rings is 1. The van der Waals surface area contributed by atoms with E-state index >= 15 is 0 Å². The second-order valence-electron chi connectivity index (χ2n) is 7.35. The Kier molecular flexibility index (Phi) is 6.29. The van der Waals surface area contributed by atoms with Crippen LogP contribution in [0.4, 0.5) is 5.69 Å². The van der Waals surface area contributed by atoms with Crippen molar-refractivity contribution in [2.24, 2.45) is 5.10 Å². The van der Waals surface area contributed by atoms with E-state index < -0.39 is 10.0 Å². The van der Waals surface area contributed by atoms with E-state index in [0.717, 1.165) is 9.35 Å². The van der Waals surface area contributed by atoms with Gasteiger partial charge in [0.2, 0.25) is 5.91 Å². The maximum atomic E-state index is 13.0. The average molecular weight is 525 g/mol. The number of piperazine rings is 1. The van der Waals surface area contributed by atoms with Gasteiger partial charge in [-0.1, -0.05) is 12.1 Å². The fourth-order valence-corrected chi connectivity index (χ4v) is 7.13. The third kappa shape index (κ3) is 4.59. The van der Waals surface area contributed by atoms with Crippen LogP contribution in [0, 0.1) is 6.92 Å². The lowest BCUT2D eigenvalue weighted by molar-refractivity contribution is -0.125. The number of hydrazone groups is 1. The van der Waals surface area contributed by atoms with Crippen LogP contribution in [0.15, 0.2) is 49.5 Å². The molecule has 2 aliphatic heterocycles. The molecule has 0 spiro atoms. The summed E-state index contributed by atoms with van der Waals surface area (Å²) in [5.74, 6) is -0.402. The summed E-state index contributed by atoms with van der Waals surface area (Å²) in [5.41, 5.74) is 1.95. The van der Waals surface area contributed by atoms with Crippen LogP contribution in [0.2, 0.25) is 0 Å². The Balaban J connectivity index is 1.46. The quantitative estimate of drug-likeness (QED) is 0.614. The summed E-state index contributed by atoms with van der Waals surface area (Å²) in [6.45, 7) is 2.93. The number of thiophene rings is 1. The Morgan fingerprint density at radius 3 is 2.48 bits per heavy atom. The monoisotopic (exact) mass is 524 g/mol. The van der Waals surface area contributed by atoms with E-state index in [-0.39, 0.29) is 55.0 Å². The van der Waals surface area contributed by atoms with Crippen molar-refractivity contribution in [3.05, 3.63) is 45.7 Å². The Morgan fingerprint density at radius 2 is 1.84 bits per heavy atom. The number of anilines is 1. The van der Waals surface area contributed by atoms with E-state index in [1.54, 1.807) is 23.1 Å². The van der Waals surface area contributed by atoms with Gasteiger partial charge in [-0.25, -0.2) is 13.4 Å². The third-order valence-electron chi connectivity index (χ3n) is 5.19. The maximum absolute atomic E-state index is 13.0. The van der Waals surface area contributed by atoms with Crippen LogP contribution in [0.3, 0.4) is 0 Å². The van der Waals surface area contributed by atoms with E-state index in [9.17, 15) is 18.0 Å². The number of aryl methyl sites for hydroxylation is 1. The van der Waals surface area contributed by atoms with Gasteiger partial charge in [-0.15, -0.1) is 11.3 Å².